The molecular weight excluding hydrogens is 392 g/mol. The van der Waals surface area contributed by atoms with E-state index in [2.05, 4.69) is 11.5 Å². The molecule has 7 nitrogen and oxygen atoms in total. The zero-order valence-corrected chi connectivity index (χ0v) is 17.7. The molecule has 1 aliphatic carbocycles. The minimum absolute atomic E-state index is 0.0461. The van der Waals surface area contributed by atoms with E-state index in [1.54, 1.807) is 6.07 Å². The average Bonchev–Trinajstić information content (AvgIpc) is 3.24. The second-order valence-corrected chi connectivity index (χ2v) is 8.81. The lowest BCUT2D eigenvalue weighted by molar-refractivity contribution is -0.118. The molecule has 1 atom stereocenters. The summed E-state index contributed by atoms with van der Waals surface area (Å²) in [5.41, 5.74) is 12.1. The number of hydrazine groups is 1. The van der Waals surface area contributed by atoms with Crippen molar-refractivity contribution in [1.82, 2.24) is 10.4 Å². The van der Waals surface area contributed by atoms with E-state index in [1.807, 2.05) is 45.0 Å². The first-order chi connectivity index (χ1) is 14.7. The Hall–Kier alpha value is -3.79. The number of furan rings is 1. The fourth-order valence-electron chi connectivity index (χ4n) is 4.38. The Bertz CT molecular complexity index is 1170. The van der Waals surface area contributed by atoms with Crippen LogP contribution in [0.1, 0.15) is 54.3 Å². The summed E-state index contributed by atoms with van der Waals surface area (Å²) in [6.07, 6.45) is 2.28. The van der Waals surface area contributed by atoms with E-state index in [0.29, 0.717) is 24.1 Å². The van der Waals surface area contributed by atoms with E-state index in [0.717, 1.165) is 11.1 Å². The Labute approximate surface area is 180 Å². The van der Waals surface area contributed by atoms with E-state index in [9.17, 15) is 14.9 Å². The fraction of sp³-hybridized carbons (Fsp3) is 0.292. The smallest absolute Gasteiger partial charge is 0.305 e. The summed E-state index contributed by atoms with van der Waals surface area (Å²) < 4.78 is 5.18. The van der Waals surface area contributed by atoms with E-state index in [-0.39, 0.29) is 28.4 Å². The zero-order chi connectivity index (χ0) is 22.3. The van der Waals surface area contributed by atoms with Crippen LogP contribution in [0.25, 0.3) is 0 Å². The van der Waals surface area contributed by atoms with Crippen LogP contribution in [-0.4, -0.2) is 16.7 Å². The van der Waals surface area contributed by atoms with Gasteiger partial charge in [0.25, 0.3) is 0 Å². The molecule has 158 valence electrons. The predicted molar refractivity (Wildman–Crippen MR) is 114 cm³/mol. The minimum Gasteiger partial charge on any atom is -0.459 e. The molecular formula is C24H24N4O3. The Morgan fingerprint density at radius 2 is 2.06 bits per heavy atom. The van der Waals surface area contributed by atoms with Crippen molar-refractivity contribution < 1.29 is 14.0 Å². The number of ketones is 1. The number of carbonyl (C=O) groups is 2. The molecule has 0 radical (unpaired) electrons. The number of nitrogens with one attached hydrogen (secondary N) is 1. The number of benzene rings is 1. The summed E-state index contributed by atoms with van der Waals surface area (Å²) in [6, 6.07) is 13.1. The van der Waals surface area contributed by atoms with Crippen LogP contribution in [0.3, 0.4) is 0 Å². The van der Waals surface area contributed by atoms with Crippen molar-refractivity contribution in [3.05, 3.63) is 82.2 Å². The molecule has 1 aromatic carbocycles. The molecule has 0 saturated heterocycles. The van der Waals surface area contributed by atoms with Gasteiger partial charge in [-0.05, 0) is 36.5 Å². The highest BCUT2D eigenvalue weighted by Crippen LogP contribution is 2.48. The summed E-state index contributed by atoms with van der Waals surface area (Å²) in [4.78, 5) is 26.1. The molecule has 0 bridgehead atoms. The van der Waals surface area contributed by atoms with Crippen molar-refractivity contribution in [1.29, 1.82) is 5.26 Å². The van der Waals surface area contributed by atoms with Gasteiger partial charge in [0.05, 0.1) is 29.5 Å². The van der Waals surface area contributed by atoms with Crippen LogP contribution >= 0.6 is 0 Å². The van der Waals surface area contributed by atoms with Crippen LogP contribution in [0.4, 0.5) is 0 Å². The average molecular weight is 416 g/mol. The number of rotatable bonds is 3. The van der Waals surface area contributed by atoms with Crippen LogP contribution in [0.15, 0.2) is 69.7 Å². The third-order valence-electron chi connectivity index (χ3n) is 5.71. The minimum atomic E-state index is -0.569. The molecule has 0 fully saturated rings. The Kier molecular flexibility index (Phi) is 4.94. The molecule has 1 aromatic heterocycles. The van der Waals surface area contributed by atoms with Gasteiger partial charge in [-0.3, -0.25) is 15.0 Å². The lowest BCUT2D eigenvalue weighted by Crippen LogP contribution is -2.49. The molecule has 0 saturated carbocycles. The highest BCUT2D eigenvalue weighted by atomic mass is 16.3. The Balaban J connectivity index is 1.88. The van der Waals surface area contributed by atoms with Crippen molar-refractivity contribution >= 4 is 11.7 Å². The molecule has 3 N–H and O–H groups in total. The number of hydrogen-bond donors (Lipinski definition) is 2. The highest BCUT2D eigenvalue weighted by Gasteiger charge is 2.45. The molecule has 7 heteroatoms. The number of Topliss-reactive ketones (excluding diaryl/α,β-unsaturated/α-hetero) is 1. The molecule has 1 unspecified atom stereocenters. The Morgan fingerprint density at radius 3 is 2.71 bits per heavy atom. The maximum atomic E-state index is 13.4. The monoisotopic (exact) mass is 416 g/mol. The van der Waals surface area contributed by atoms with Crippen molar-refractivity contribution in [2.24, 2.45) is 11.1 Å². The number of nitrogens with zero attached hydrogens (tertiary/aromatic N) is 2. The topological polar surface area (TPSA) is 112 Å². The van der Waals surface area contributed by atoms with Gasteiger partial charge in [-0.15, -0.1) is 0 Å². The van der Waals surface area contributed by atoms with Gasteiger partial charge >= 0.3 is 5.91 Å². The van der Waals surface area contributed by atoms with E-state index in [1.165, 1.54) is 17.3 Å². The van der Waals surface area contributed by atoms with Gasteiger partial charge in [-0.1, -0.05) is 43.7 Å². The standard InChI is InChI=1S/C24H24N4O3/c1-14-6-4-7-15(10-14)20-16(13-25)22(26)28(27-23(30)19-8-5-9-31-19)17-11-24(2,3)12-18(29)21(17)20/h4-10,20H,11-12,26H2,1-3H3,(H,27,30). The first-order valence-electron chi connectivity index (χ1n) is 10.1. The van der Waals surface area contributed by atoms with E-state index >= 15 is 0 Å². The van der Waals surface area contributed by atoms with Crippen LogP contribution < -0.4 is 11.2 Å². The van der Waals surface area contributed by atoms with Crippen molar-refractivity contribution in [2.45, 2.75) is 39.5 Å². The van der Waals surface area contributed by atoms with Gasteiger partial charge in [-0.25, -0.2) is 5.01 Å². The maximum Gasteiger partial charge on any atom is 0.305 e. The number of aryl methyl sites for hydroxylation is 1. The summed E-state index contributed by atoms with van der Waals surface area (Å²) in [6.45, 7) is 5.97. The zero-order valence-electron chi connectivity index (χ0n) is 17.7. The van der Waals surface area contributed by atoms with Gasteiger partial charge in [0.2, 0.25) is 0 Å². The maximum absolute atomic E-state index is 13.4. The molecule has 2 aliphatic rings. The van der Waals surface area contributed by atoms with Crippen LogP contribution in [0, 0.1) is 23.7 Å². The third-order valence-corrected chi connectivity index (χ3v) is 5.71. The van der Waals surface area contributed by atoms with Gasteiger partial charge in [0, 0.05) is 12.0 Å². The predicted octanol–water partition coefficient (Wildman–Crippen LogP) is 3.67. The Morgan fingerprint density at radius 1 is 1.29 bits per heavy atom. The molecule has 31 heavy (non-hydrogen) atoms. The van der Waals surface area contributed by atoms with Gasteiger partial charge < -0.3 is 10.2 Å². The molecule has 4 rings (SSSR count). The SMILES string of the molecule is Cc1cccc(C2C(C#N)=C(N)N(NC(=O)c3ccco3)C3=C2C(=O)CC(C)(C)C3)c1. The molecule has 0 spiro atoms. The van der Waals surface area contributed by atoms with Crippen LogP contribution in [-0.2, 0) is 4.79 Å². The van der Waals surface area contributed by atoms with Crippen LogP contribution in [0.2, 0.25) is 0 Å². The van der Waals surface area contributed by atoms with Crippen molar-refractivity contribution in [3.8, 4) is 6.07 Å². The first kappa shape index (κ1) is 20.5. The lowest BCUT2D eigenvalue weighted by atomic mass is 9.69. The number of nitrogens with two attached hydrogens (primary N) is 1. The van der Waals surface area contributed by atoms with Crippen LogP contribution in [0.5, 0.6) is 0 Å². The van der Waals surface area contributed by atoms with Gasteiger partial charge in [0.15, 0.2) is 11.5 Å². The summed E-state index contributed by atoms with van der Waals surface area (Å²) >= 11 is 0. The number of carbonyl (C=O) groups excluding carboxylic acids is 2. The summed E-state index contributed by atoms with van der Waals surface area (Å²) in [7, 11) is 0. The lowest BCUT2D eigenvalue weighted by Gasteiger charge is -2.43. The second kappa shape index (κ2) is 7.47. The molecule has 2 heterocycles. The fourth-order valence-corrected chi connectivity index (χ4v) is 4.38. The first-order valence-corrected chi connectivity index (χ1v) is 10.1. The second-order valence-electron chi connectivity index (χ2n) is 8.81. The van der Waals surface area contributed by atoms with Gasteiger partial charge in [0.1, 0.15) is 5.82 Å². The number of amides is 1. The quantitative estimate of drug-likeness (QED) is 0.789. The van der Waals surface area contributed by atoms with Gasteiger partial charge in [-0.2, -0.15) is 5.26 Å². The molecule has 1 aliphatic heterocycles. The largest absolute Gasteiger partial charge is 0.459 e. The van der Waals surface area contributed by atoms with E-state index in [4.69, 9.17) is 10.2 Å². The summed E-state index contributed by atoms with van der Waals surface area (Å²) in [5, 5.41) is 11.4. The number of nitriles is 1. The molecule has 1 amide bonds. The summed E-state index contributed by atoms with van der Waals surface area (Å²) in [5.74, 6) is -0.911. The number of hydrogen-bond acceptors (Lipinski definition) is 6. The van der Waals surface area contributed by atoms with Crippen molar-refractivity contribution in [2.75, 3.05) is 0 Å². The van der Waals surface area contributed by atoms with Crippen molar-refractivity contribution in [3.63, 3.8) is 0 Å². The highest BCUT2D eigenvalue weighted by molar-refractivity contribution is 6.00. The number of allylic oxidation sites excluding steroid dienone is 3. The third kappa shape index (κ3) is 3.61. The van der Waals surface area contributed by atoms with E-state index < -0.39 is 11.8 Å². The molecule has 2 aromatic rings. The normalized spacial score (nSPS) is 20.4.